The standard InChI is InChI=1S/C20H24O5/c1-4-24-16-8-6-14(20(13-16)25-5-2)7-11-18(21)17-10-9-15(23-3)12-19(17)22/h6-13,18,21-22H,4-5H2,1-3H3. The van der Waals surface area contributed by atoms with Crippen LogP contribution in [0.2, 0.25) is 0 Å². The van der Waals surface area contributed by atoms with E-state index in [0.717, 1.165) is 11.3 Å². The molecule has 5 heteroatoms. The minimum Gasteiger partial charge on any atom is -0.507 e. The summed E-state index contributed by atoms with van der Waals surface area (Å²) in [4.78, 5) is 0. The van der Waals surface area contributed by atoms with Crippen LogP contribution in [0.3, 0.4) is 0 Å². The zero-order valence-corrected chi connectivity index (χ0v) is 14.7. The van der Waals surface area contributed by atoms with Crippen molar-refractivity contribution in [2.24, 2.45) is 0 Å². The Hall–Kier alpha value is -2.66. The molecular formula is C20H24O5. The van der Waals surface area contributed by atoms with Gasteiger partial charge in [0.1, 0.15) is 29.1 Å². The van der Waals surface area contributed by atoms with E-state index in [1.165, 1.54) is 13.2 Å². The van der Waals surface area contributed by atoms with Gasteiger partial charge in [0.15, 0.2) is 0 Å². The van der Waals surface area contributed by atoms with E-state index >= 15 is 0 Å². The maximum Gasteiger partial charge on any atom is 0.130 e. The van der Waals surface area contributed by atoms with Gasteiger partial charge in [-0.05, 0) is 38.1 Å². The van der Waals surface area contributed by atoms with Crippen LogP contribution in [-0.2, 0) is 0 Å². The van der Waals surface area contributed by atoms with Crippen molar-refractivity contribution < 1.29 is 24.4 Å². The fourth-order valence-electron chi connectivity index (χ4n) is 2.39. The number of hydrogen-bond acceptors (Lipinski definition) is 5. The Balaban J connectivity index is 2.22. The fourth-order valence-corrected chi connectivity index (χ4v) is 2.39. The molecule has 0 heterocycles. The molecule has 0 spiro atoms. The summed E-state index contributed by atoms with van der Waals surface area (Å²) in [5.41, 5.74) is 1.22. The monoisotopic (exact) mass is 344 g/mol. The molecule has 2 N–H and O–H groups in total. The van der Waals surface area contributed by atoms with Gasteiger partial charge in [0.05, 0.1) is 20.3 Å². The topological polar surface area (TPSA) is 68.2 Å². The summed E-state index contributed by atoms with van der Waals surface area (Å²) in [5.74, 6) is 1.92. The highest BCUT2D eigenvalue weighted by Crippen LogP contribution is 2.31. The second kappa shape index (κ2) is 8.99. The summed E-state index contributed by atoms with van der Waals surface area (Å²) in [7, 11) is 1.52. The first-order valence-electron chi connectivity index (χ1n) is 8.21. The van der Waals surface area contributed by atoms with Gasteiger partial charge in [-0.2, -0.15) is 0 Å². The van der Waals surface area contributed by atoms with Crippen LogP contribution in [0.1, 0.15) is 31.1 Å². The Kier molecular flexibility index (Phi) is 6.71. The summed E-state index contributed by atoms with van der Waals surface area (Å²) in [6.45, 7) is 4.94. The lowest BCUT2D eigenvalue weighted by Gasteiger charge is -2.12. The molecule has 0 aromatic heterocycles. The third-order valence-electron chi connectivity index (χ3n) is 3.61. The lowest BCUT2D eigenvalue weighted by molar-refractivity contribution is 0.224. The molecule has 0 amide bonds. The summed E-state index contributed by atoms with van der Waals surface area (Å²) in [6, 6.07) is 10.3. The van der Waals surface area contributed by atoms with E-state index in [1.807, 2.05) is 32.0 Å². The van der Waals surface area contributed by atoms with E-state index in [4.69, 9.17) is 14.2 Å². The van der Waals surface area contributed by atoms with Gasteiger partial charge >= 0.3 is 0 Å². The van der Waals surface area contributed by atoms with E-state index in [9.17, 15) is 10.2 Å². The van der Waals surface area contributed by atoms with Crippen LogP contribution in [0.15, 0.2) is 42.5 Å². The second-order valence-corrected chi connectivity index (χ2v) is 5.29. The number of rotatable bonds is 8. The van der Waals surface area contributed by atoms with Crippen molar-refractivity contribution in [3.8, 4) is 23.0 Å². The smallest absolute Gasteiger partial charge is 0.130 e. The van der Waals surface area contributed by atoms with E-state index in [-0.39, 0.29) is 5.75 Å². The number of phenolic OH excluding ortho intramolecular Hbond substituents is 1. The molecule has 0 aliphatic rings. The van der Waals surface area contributed by atoms with E-state index in [0.29, 0.717) is 30.3 Å². The highest BCUT2D eigenvalue weighted by atomic mass is 16.5. The van der Waals surface area contributed by atoms with Crippen molar-refractivity contribution in [2.45, 2.75) is 20.0 Å². The van der Waals surface area contributed by atoms with E-state index in [1.54, 1.807) is 24.3 Å². The average Bonchev–Trinajstić information content (AvgIpc) is 2.61. The molecule has 0 saturated carbocycles. The van der Waals surface area contributed by atoms with Crippen molar-refractivity contribution in [2.75, 3.05) is 20.3 Å². The molecule has 2 aromatic carbocycles. The van der Waals surface area contributed by atoms with Crippen LogP contribution in [0.5, 0.6) is 23.0 Å². The molecule has 2 rings (SSSR count). The predicted molar refractivity (Wildman–Crippen MR) is 97.4 cm³/mol. The van der Waals surface area contributed by atoms with Crippen LogP contribution in [0, 0.1) is 0 Å². The normalized spacial score (nSPS) is 12.2. The molecule has 25 heavy (non-hydrogen) atoms. The Morgan fingerprint density at radius 2 is 1.72 bits per heavy atom. The Morgan fingerprint density at radius 1 is 1.00 bits per heavy atom. The zero-order chi connectivity index (χ0) is 18.2. The molecule has 0 radical (unpaired) electrons. The predicted octanol–water partition coefficient (Wildman–Crippen LogP) is 3.95. The number of methoxy groups -OCH3 is 1. The number of ether oxygens (including phenoxy) is 3. The minimum atomic E-state index is -0.952. The Bertz CT molecular complexity index is 724. The van der Waals surface area contributed by atoms with E-state index < -0.39 is 6.10 Å². The van der Waals surface area contributed by atoms with Crippen LogP contribution < -0.4 is 14.2 Å². The molecule has 1 atom stereocenters. The van der Waals surface area contributed by atoms with Gasteiger partial charge in [0, 0.05) is 23.3 Å². The van der Waals surface area contributed by atoms with Gasteiger partial charge in [-0.25, -0.2) is 0 Å². The average molecular weight is 344 g/mol. The van der Waals surface area contributed by atoms with Gasteiger partial charge in [-0.3, -0.25) is 0 Å². The maximum absolute atomic E-state index is 10.3. The highest BCUT2D eigenvalue weighted by Gasteiger charge is 2.11. The molecule has 0 aliphatic carbocycles. The van der Waals surface area contributed by atoms with Crippen LogP contribution in [0.25, 0.3) is 6.08 Å². The van der Waals surface area contributed by atoms with Gasteiger partial charge in [0.25, 0.3) is 0 Å². The summed E-state index contributed by atoms with van der Waals surface area (Å²) in [5, 5.41) is 20.3. The fraction of sp³-hybridized carbons (Fsp3) is 0.300. The number of aromatic hydroxyl groups is 1. The number of hydrogen-bond donors (Lipinski definition) is 2. The van der Waals surface area contributed by atoms with Crippen LogP contribution >= 0.6 is 0 Å². The number of phenols is 1. The van der Waals surface area contributed by atoms with Crippen molar-refractivity contribution in [1.29, 1.82) is 0 Å². The number of aliphatic hydroxyl groups is 1. The molecule has 5 nitrogen and oxygen atoms in total. The van der Waals surface area contributed by atoms with Gasteiger partial charge in [-0.1, -0.05) is 12.2 Å². The molecule has 0 fully saturated rings. The third-order valence-corrected chi connectivity index (χ3v) is 3.61. The second-order valence-electron chi connectivity index (χ2n) is 5.29. The molecular weight excluding hydrogens is 320 g/mol. The number of benzene rings is 2. The lowest BCUT2D eigenvalue weighted by Crippen LogP contribution is -1.97. The largest absolute Gasteiger partial charge is 0.507 e. The van der Waals surface area contributed by atoms with Gasteiger partial charge in [-0.15, -0.1) is 0 Å². The minimum absolute atomic E-state index is 0.0202. The molecule has 0 bridgehead atoms. The first-order valence-corrected chi connectivity index (χ1v) is 8.21. The quantitative estimate of drug-likeness (QED) is 0.759. The van der Waals surface area contributed by atoms with Crippen LogP contribution in [-0.4, -0.2) is 30.5 Å². The van der Waals surface area contributed by atoms with Gasteiger partial charge < -0.3 is 24.4 Å². The third kappa shape index (κ3) is 4.90. The van der Waals surface area contributed by atoms with E-state index in [2.05, 4.69) is 0 Å². The molecule has 0 saturated heterocycles. The number of aliphatic hydroxyl groups excluding tert-OH is 1. The molecule has 1 unspecified atom stereocenters. The molecule has 134 valence electrons. The zero-order valence-electron chi connectivity index (χ0n) is 14.7. The summed E-state index contributed by atoms with van der Waals surface area (Å²) in [6.07, 6.45) is 2.40. The lowest BCUT2D eigenvalue weighted by atomic mass is 10.1. The summed E-state index contributed by atoms with van der Waals surface area (Å²) < 4.78 is 16.2. The maximum atomic E-state index is 10.3. The Labute approximate surface area is 148 Å². The van der Waals surface area contributed by atoms with Gasteiger partial charge in [0.2, 0.25) is 0 Å². The highest BCUT2D eigenvalue weighted by molar-refractivity contribution is 5.60. The Morgan fingerprint density at radius 3 is 2.36 bits per heavy atom. The summed E-state index contributed by atoms with van der Waals surface area (Å²) >= 11 is 0. The van der Waals surface area contributed by atoms with Crippen LogP contribution in [0.4, 0.5) is 0 Å². The first-order chi connectivity index (χ1) is 12.1. The molecule has 0 aliphatic heterocycles. The van der Waals surface area contributed by atoms with Crippen molar-refractivity contribution in [3.05, 3.63) is 53.6 Å². The first kappa shape index (κ1) is 18.7. The SMILES string of the molecule is CCOc1ccc(C=CC(O)c2ccc(OC)cc2O)c(OCC)c1. The molecule has 2 aromatic rings. The van der Waals surface area contributed by atoms with Crippen molar-refractivity contribution in [3.63, 3.8) is 0 Å². The van der Waals surface area contributed by atoms with Crippen molar-refractivity contribution in [1.82, 2.24) is 0 Å². The van der Waals surface area contributed by atoms with Crippen molar-refractivity contribution >= 4 is 6.08 Å².